The van der Waals surface area contributed by atoms with Crippen LogP contribution in [0.2, 0.25) is 0 Å². The van der Waals surface area contributed by atoms with Gasteiger partial charge < -0.3 is 24.4 Å². The number of amides is 1. The van der Waals surface area contributed by atoms with Crippen molar-refractivity contribution in [2.24, 2.45) is 0 Å². The Balaban J connectivity index is 2.15. The quantitative estimate of drug-likeness (QED) is 0.814. The molecule has 0 aliphatic carbocycles. The molecule has 1 aliphatic rings. The smallest absolute Gasteiger partial charge is 0.371 e. The summed E-state index contributed by atoms with van der Waals surface area (Å²) in [5.74, 6) is -1.88. The number of furan rings is 1. The Morgan fingerprint density at radius 2 is 2.05 bits per heavy atom. The van der Waals surface area contributed by atoms with Gasteiger partial charge in [0.1, 0.15) is 0 Å². The van der Waals surface area contributed by atoms with Crippen LogP contribution in [0.4, 0.5) is 0 Å². The van der Waals surface area contributed by atoms with Crippen LogP contribution in [-0.2, 0) is 0 Å². The molecule has 7 nitrogen and oxygen atoms in total. The highest BCUT2D eigenvalue weighted by atomic mass is 16.4. The van der Waals surface area contributed by atoms with Gasteiger partial charge in [-0.25, -0.2) is 4.79 Å². The molecule has 20 heavy (non-hydrogen) atoms. The monoisotopic (exact) mass is 282 g/mol. The number of hydrogen-bond acceptors (Lipinski definition) is 5. The van der Waals surface area contributed by atoms with Crippen LogP contribution in [-0.4, -0.2) is 71.2 Å². The number of likely N-dealkylation sites (N-methyl/N-ethyl adjacent to an activating group) is 1. The number of β-amino-alcohol motifs (C(OH)–C–C–N with tert-alkyl or cyclic N) is 1. The Hall–Kier alpha value is -1.86. The van der Waals surface area contributed by atoms with Gasteiger partial charge in [-0.3, -0.25) is 4.79 Å². The third kappa shape index (κ3) is 3.00. The lowest BCUT2D eigenvalue weighted by molar-refractivity contribution is 0.0633. The summed E-state index contributed by atoms with van der Waals surface area (Å²) in [4.78, 5) is 26.6. The molecule has 7 heteroatoms. The fraction of sp³-hybridized carbons (Fsp3) is 0.538. The first kappa shape index (κ1) is 14.5. The van der Waals surface area contributed by atoms with Crippen molar-refractivity contribution < 1.29 is 24.2 Å². The number of aliphatic hydroxyl groups excluding tert-OH is 1. The van der Waals surface area contributed by atoms with Crippen molar-refractivity contribution in [3.8, 4) is 0 Å². The number of carbonyl (C=O) groups excluding carboxylic acids is 1. The second-order valence-electron chi connectivity index (χ2n) is 5.23. The highest BCUT2D eigenvalue weighted by molar-refractivity contribution is 5.94. The van der Waals surface area contributed by atoms with E-state index in [9.17, 15) is 14.7 Å². The van der Waals surface area contributed by atoms with Crippen molar-refractivity contribution in [2.45, 2.75) is 18.6 Å². The van der Waals surface area contributed by atoms with E-state index in [0.717, 1.165) is 0 Å². The van der Waals surface area contributed by atoms with E-state index < -0.39 is 12.1 Å². The van der Waals surface area contributed by atoms with E-state index in [4.69, 9.17) is 9.52 Å². The highest BCUT2D eigenvalue weighted by Gasteiger charge is 2.36. The van der Waals surface area contributed by atoms with Crippen molar-refractivity contribution >= 4 is 11.9 Å². The average Bonchev–Trinajstić information content (AvgIpc) is 2.94. The van der Waals surface area contributed by atoms with Gasteiger partial charge in [0.15, 0.2) is 5.76 Å². The largest absolute Gasteiger partial charge is 0.475 e. The molecular formula is C13H18N2O5. The number of carboxylic acid groups (broad SMARTS) is 1. The Labute approximate surface area is 116 Å². The van der Waals surface area contributed by atoms with Gasteiger partial charge in [0.2, 0.25) is 5.76 Å². The van der Waals surface area contributed by atoms with Crippen molar-refractivity contribution in [3.05, 3.63) is 23.7 Å². The van der Waals surface area contributed by atoms with Gasteiger partial charge >= 0.3 is 5.97 Å². The average molecular weight is 282 g/mol. The third-order valence-electron chi connectivity index (χ3n) is 3.26. The van der Waals surface area contributed by atoms with Gasteiger partial charge in [-0.15, -0.1) is 0 Å². The summed E-state index contributed by atoms with van der Waals surface area (Å²) in [5.41, 5.74) is 0. The number of carbonyl (C=O) groups is 2. The zero-order chi connectivity index (χ0) is 14.9. The number of rotatable bonds is 4. The van der Waals surface area contributed by atoms with Gasteiger partial charge in [0.05, 0.1) is 6.10 Å². The lowest BCUT2D eigenvalue weighted by atomic mass is 10.2. The summed E-state index contributed by atoms with van der Waals surface area (Å²) in [6, 6.07) is 2.50. The van der Waals surface area contributed by atoms with Gasteiger partial charge in [-0.05, 0) is 32.6 Å². The summed E-state index contributed by atoms with van der Waals surface area (Å²) in [7, 11) is 3.78. The summed E-state index contributed by atoms with van der Waals surface area (Å²) in [5, 5.41) is 18.5. The second kappa shape index (κ2) is 5.64. The molecule has 1 aliphatic heterocycles. The van der Waals surface area contributed by atoms with Crippen LogP contribution in [0.5, 0.6) is 0 Å². The molecule has 1 amide bonds. The molecule has 2 N–H and O–H groups in total. The molecule has 1 fully saturated rings. The molecule has 2 rings (SSSR count). The molecule has 0 bridgehead atoms. The van der Waals surface area contributed by atoms with E-state index in [0.29, 0.717) is 13.0 Å². The predicted octanol–water partition coefficient (Wildman–Crippen LogP) is 0.115. The van der Waals surface area contributed by atoms with Crippen molar-refractivity contribution in [3.63, 3.8) is 0 Å². The number of aromatic carboxylic acids is 1. The Kier molecular flexibility index (Phi) is 4.10. The predicted molar refractivity (Wildman–Crippen MR) is 69.7 cm³/mol. The molecule has 0 radical (unpaired) electrons. The molecule has 2 heterocycles. The summed E-state index contributed by atoms with van der Waals surface area (Å²) in [6.07, 6.45) is -0.0473. The molecule has 2 atom stereocenters. The molecular weight excluding hydrogens is 264 g/mol. The fourth-order valence-electron chi connectivity index (χ4n) is 2.44. The maximum Gasteiger partial charge on any atom is 0.371 e. The van der Waals surface area contributed by atoms with Crippen molar-refractivity contribution in [1.82, 2.24) is 9.80 Å². The number of likely N-dealkylation sites (tertiary alicyclic amines) is 1. The zero-order valence-corrected chi connectivity index (χ0v) is 11.4. The summed E-state index contributed by atoms with van der Waals surface area (Å²) < 4.78 is 5.02. The van der Waals surface area contributed by atoms with Gasteiger partial charge in [-0.2, -0.15) is 0 Å². The van der Waals surface area contributed by atoms with Gasteiger partial charge in [-0.1, -0.05) is 0 Å². The minimum absolute atomic E-state index is 0.0137. The first-order valence-electron chi connectivity index (χ1n) is 6.35. The molecule has 0 aromatic carbocycles. The van der Waals surface area contributed by atoms with Crippen LogP contribution in [0.15, 0.2) is 16.5 Å². The Morgan fingerprint density at radius 3 is 2.60 bits per heavy atom. The van der Waals surface area contributed by atoms with Crippen LogP contribution in [0.3, 0.4) is 0 Å². The van der Waals surface area contributed by atoms with E-state index in [1.807, 2.05) is 19.0 Å². The van der Waals surface area contributed by atoms with E-state index >= 15 is 0 Å². The van der Waals surface area contributed by atoms with Crippen LogP contribution in [0.25, 0.3) is 0 Å². The highest BCUT2D eigenvalue weighted by Crippen LogP contribution is 2.22. The number of nitrogens with zero attached hydrogens (tertiary/aromatic N) is 2. The molecule has 0 saturated carbocycles. The second-order valence-corrected chi connectivity index (χ2v) is 5.23. The first-order valence-corrected chi connectivity index (χ1v) is 6.35. The van der Waals surface area contributed by atoms with Gasteiger partial charge in [0, 0.05) is 19.1 Å². The maximum atomic E-state index is 12.3. The number of carboxylic acids is 1. The molecule has 1 aromatic heterocycles. The van der Waals surface area contributed by atoms with Crippen LogP contribution >= 0.6 is 0 Å². The number of hydrogen-bond donors (Lipinski definition) is 2. The number of aliphatic hydroxyl groups is 1. The van der Waals surface area contributed by atoms with Crippen molar-refractivity contribution in [2.75, 3.05) is 27.2 Å². The molecule has 0 spiro atoms. The maximum absolute atomic E-state index is 12.3. The molecule has 2 unspecified atom stereocenters. The van der Waals surface area contributed by atoms with Crippen LogP contribution in [0.1, 0.15) is 27.5 Å². The lowest BCUT2D eigenvalue weighted by Crippen LogP contribution is -2.41. The minimum atomic E-state index is -1.21. The Bertz CT molecular complexity index is 511. The summed E-state index contributed by atoms with van der Waals surface area (Å²) in [6.45, 7) is 0.871. The molecule has 110 valence electrons. The van der Waals surface area contributed by atoms with E-state index in [1.54, 1.807) is 0 Å². The van der Waals surface area contributed by atoms with E-state index in [-0.39, 0.29) is 30.0 Å². The Morgan fingerprint density at radius 1 is 1.40 bits per heavy atom. The third-order valence-corrected chi connectivity index (χ3v) is 3.26. The summed E-state index contributed by atoms with van der Waals surface area (Å²) >= 11 is 0. The topological polar surface area (TPSA) is 94.2 Å². The van der Waals surface area contributed by atoms with E-state index in [1.165, 1.54) is 17.0 Å². The van der Waals surface area contributed by atoms with Crippen LogP contribution < -0.4 is 0 Å². The van der Waals surface area contributed by atoms with Gasteiger partial charge in [0.25, 0.3) is 5.91 Å². The SMILES string of the molecule is CN(C)CC1CC(O)CN1C(=O)c1ccc(C(=O)O)o1. The van der Waals surface area contributed by atoms with Crippen molar-refractivity contribution in [1.29, 1.82) is 0 Å². The van der Waals surface area contributed by atoms with E-state index in [2.05, 4.69) is 0 Å². The fourth-order valence-corrected chi connectivity index (χ4v) is 2.44. The van der Waals surface area contributed by atoms with Crippen LogP contribution in [0, 0.1) is 0 Å². The first-order chi connectivity index (χ1) is 9.38. The standard InChI is InChI=1S/C13H18N2O5/c1-14(2)6-8-5-9(16)7-15(8)12(17)10-3-4-11(20-10)13(18)19/h3-4,8-9,16H,5-7H2,1-2H3,(H,18,19). The molecule has 1 aromatic rings. The minimum Gasteiger partial charge on any atom is -0.475 e. The normalized spacial score (nSPS) is 22.5. The zero-order valence-electron chi connectivity index (χ0n) is 11.4. The lowest BCUT2D eigenvalue weighted by Gasteiger charge is -2.25. The molecule has 1 saturated heterocycles.